The van der Waals surface area contributed by atoms with Gasteiger partial charge in [-0.1, -0.05) is 13.8 Å². The van der Waals surface area contributed by atoms with Crippen molar-refractivity contribution in [2.24, 2.45) is 11.8 Å². The molecule has 7 nitrogen and oxygen atoms in total. The topological polar surface area (TPSA) is 95.9 Å². The lowest BCUT2D eigenvalue weighted by molar-refractivity contribution is -0.151. The van der Waals surface area contributed by atoms with Crippen molar-refractivity contribution in [1.82, 2.24) is 10.2 Å². The lowest BCUT2D eigenvalue weighted by atomic mass is 9.82. The zero-order chi connectivity index (χ0) is 19.6. The standard InChI is InChI=1S/C19H32N2O5/c1-11(2)12-6-8-14(20-18(25)26-19(3,4)5)16(22)21-13(10-12)7-9-15(21)17(23)24/h11-15H,6-10H2,1-5H3,(H,20,25)(H,23,24)/t12-,13-,14+,15+/m1/s1. The van der Waals surface area contributed by atoms with E-state index in [1.165, 1.54) is 4.90 Å². The third kappa shape index (κ3) is 4.89. The van der Waals surface area contributed by atoms with E-state index in [1.54, 1.807) is 20.8 Å². The highest BCUT2D eigenvalue weighted by Gasteiger charge is 2.45. The molecule has 0 aromatic carbocycles. The van der Waals surface area contributed by atoms with Gasteiger partial charge in [0.1, 0.15) is 17.7 Å². The molecule has 2 aliphatic rings. The van der Waals surface area contributed by atoms with Gasteiger partial charge in [-0.05, 0) is 64.7 Å². The maximum absolute atomic E-state index is 13.1. The molecule has 0 aromatic rings. The maximum Gasteiger partial charge on any atom is 0.408 e. The zero-order valence-electron chi connectivity index (χ0n) is 16.4. The highest BCUT2D eigenvalue weighted by atomic mass is 16.6. The second kappa shape index (κ2) is 7.84. The number of hydrogen-bond donors (Lipinski definition) is 2. The number of hydrogen-bond acceptors (Lipinski definition) is 4. The van der Waals surface area contributed by atoms with Gasteiger partial charge in [0.05, 0.1) is 0 Å². The number of carbonyl (C=O) groups is 3. The Morgan fingerprint density at radius 2 is 1.85 bits per heavy atom. The molecule has 2 heterocycles. The molecule has 2 rings (SSSR count). The Kier molecular flexibility index (Phi) is 6.19. The number of aliphatic carboxylic acids is 1. The molecule has 0 spiro atoms. The van der Waals surface area contributed by atoms with Crippen LogP contribution < -0.4 is 5.32 Å². The second-order valence-electron chi connectivity index (χ2n) is 8.85. The molecule has 2 N–H and O–H groups in total. The van der Waals surface area contributed by atoms with E-state index in [4.69, 9.17) is 4.74 Å². The Labute approximate surface area is 155 Å². The molecule has 148 valence electrons. The van der Waals surface area contributed by atoms with Crippen molar-refractivity contribution in [2.45, 2.75) is 90.4 Å². The Hall–Kier alpha value is -1.79. The molecule has 26 heavy (non-hydrogen) atoms. The summed E-state index contributed by atoms with van der Waals surface area (Å²) in [5.74, 6) is -0.436. The van der Waals surface area contributed by atoms with Gasteiger partial charge < -0.3 is 20.1 Å². The van der Waals surface area contributed by atoms with Crippen molar-refractivity contribution in [3.05, 3.63) is 0 Å². The molecule has 0 bridgehead atoms. The van der Waals surface area contributed by atoms with Gasteiger partial charge in [-0.25, -0.2) is 9.59 Å². The Balaban J connectivity index is 2.22. The summed E-state index contributed by atoms with van der Waals surface area (Å²) >= 11 is 0. The molecule has 2 fully saturated rings. The SMILES string of the molecule is CC(C)[C@@H]1CC[C@H](NC(=O)OC(C)(C)C)C(=O)N2[C@H](CC[C@H]2C(=O)O)C1. The molecule has 0 radical (unpaired) electrons. The van der Waals surface area contributed by atoms with Gasteiger partial charge in [-0.15, -0.1) is 0 Å². The normalized spacial score (nSPS) is 29.8. The fourth-order valence-corrected chi connectivity index (χ4v) is 4.03. The quantitative estimate of drug-likeness (QED) is 0.798. The predicted molar refractivity (Wildman–Crippen MR) is 96.6 cm³/mol. The maximum atomic E-state index is 13.1. The predicted octanol–water partition coefficient (Wildman–Crippen LogP) is 2.78. The molecule has 0 aliphatic carbocycles. The van der Waals surface area contributed by atoms with E-state index >= 15 is 0 Å². The summed E-state index contributed by atoms with van der Waals surface area (Å²) in [6.45, 7) is 9.59. The number of carboxylic acid groups (broad SMARTS) is 1. The molecule has 2 saturated heterocycles. The second-order valence-corrected chi connectivity index (χ2v) is 8.85. The average Bonchev–Trinajstić information content (AvgIpc) is 2.89. The third-order valence-corrected chi connectivity index (χ3v) is 5.37. The van der Waals surface area contributed by atoms with Crippen LogP contribution in [0.4, 0.5) is 4.79 Å². The van der Waals surface area contributed by atoms with Crippen molar-refractivity contribution >= 4 is 18.0 Å². The summed E-state index contributed by atoms with van der Waals surface area (Å²) in [5.41, 5.74) is -0.658. The molecule has 2 aliphatic heterocycles. The lowest BCUT2D eigenvalue weighted by Crippen LogP contribution is -2.56. The molecule has 7 heteroatoms. The molecular weight excluding hydrogens is 336 g/mol. The highest BCUT2D eigenvalue weighted by molar-refractivity contribution is 5.90. The van der Waals surface area contributed by atoms with Crippen LogP contribution >= 0.6 is 0 Å². The van der Waals surface area contributed by atoms with Crippen LogP contribution in [0.15, 0.2) is 0 Å². The summed E-state index contributed by atoms with van der Waals surface area (Å²) in [5, 5.41) is 12.2. The summed E-state index contributed by atoms with van der Waals surface area (Å²) in [4.78, 5) is 38.4. The number of fused-ring (bicyclic) bond motifs is 1. The monoisotopic (exact) mass is 368 g/mol. The first-order valence-electron chi connectivity index (χ1n) is 9.54. The summed E-state index contributed by atoms with van der Waals surface area (Å²) in [6.07, 6.45) is 2.68. The van der Waals surface area contributed by atoms with Crippen LogP contribution in [0, 0.1) is 11.8 Å². The van der Waals surface area contributed by atoms with E-state index in [0.29, 0.717) is 31.1 Å². The summed E-state index contributed by atoms with van der Waals surface area (Å²) < 4.78 is 5.28. The van der Waals surface area contributed by atoms with Crippen LogP contribution in [-0.4, -0.2) is 51.7 Å². The lowest BCUT2D eigenvalue weighted by Gasteiger charge is -2.38. The number of alkyl carbamates (subject to hydrolysis) is 1. The molecule has 0 unspecified atom stereocenters. The fourth-order valence-electron chi connectivity index (χ4n) is 4.03. The highest BCUT2D eigenvalue weighted by Crippen LogP contribution is 2.36. The Morgan fingerprint density at radius 1 is 1.19 bits per heavy atom. The van der Waals surface area contributed by atoms with Crippen molar-refractivity contribution in [3.63, 3.8) is 0 Å². The van der Waals surface area contributed by atoms with Crippen LogP contribution in [0.25, 0.3) is 0 Å². The third-order valence-electron chi connectivity index (χ3n) is 5.37. The number of ether oxygens (including phenoxy) is 1. The van der Waals surface area contributed by atoms with Crippen LogP contribution in [0.2, 0.25) is 0 Å². The minimum absolute atomic E-state index is 0.0702. The summed E-state index contributed by atoms with van der Waals surface area (Å²) in [6, 6.07) is -1.62. The van der Waals surface area contributed by atoms with E-state index in [1.807, 2.05) is 0 Å². The van der Waals surface area contributed by atoms with E-state index in [9.17, 15) is 19.5 Å². The largest absolute Gasteiger partial charge is 0.480 e. The van der Waals surface area contributed by atoms with Gasteiger partial charge in [0.25, 0.3) is 0 Å². The smallest absolute Gasteiger partial charge is 0.408 e. The minimum Gasteiger partial charge on any atom is -0.480 e. The van der Waals surface area contributed by atoms with Gasteiger partial charge in [0.15, 0.2) is 0 Å². The van der Waals surface area contributed by atoms with E-state index in [2.05, 4.69) is 19.2 Å². The molecule has 2 amide bonds. The fraction of sp³-hybridized carbons (Fsp3) is 0.842. The minimum atomic E-state index is -0.974. The first kappa shape index (κ1) is 20.5. The molecule has 4 atom stereocenters. The van der Waals surface area contributed by atoms with Gasteiger partial charge in [-0.3, -0.25) is 4.79 Å². The number of carboxylic acids is 1. The Morgan fingerprint density at radius 3 is 2.38 bits per heavy atom. The van der Waals surface area contributed by atoms with Crippen molar-refractivity contribution < 1.29 is 24.2 Å². The number of nitrogens with one attached hydrogen (secondary N) is 1. The van der Waals surface area contributed by atoms with Crippen LogP contribution in [-0.2, 0) is 14.3 Å². The first-order valence-corrected chi connectivity index (χ1v) is 9.54. The van der Waals surface area contributed by atoms with Crippen molar-refractivity contribution in [1.29, 1.82) is 0 Å². The van der Waals surface area contributed by atoms with Crippen LogP contribution in [0.3, 0.4) is 0 Å². The molecule has 0 aromatic heterocycles. The van der Waals surface area contributed by atoms with E-state index < -0.39 is 29.7 Å². The van der Waals surface area contributed by atoms with Gasteiger partial charge >= 0.3 is 12.1 Å². The number of rotatable bonds is 3. The number of amides is 2. The van der Waals surface area contributed by atoms with E-state index in [-0.39, 0.29) is 11.9 Å². The van der Waals surface area contributed by atoms with Crippen LogP contribution in [0.1, 0.15) is 66.7 Å². The first-order chi connectivity index (χ1) is 12.0. The molecular formula is C19H32N2O5. The molecule has 0 saturated carbocycles. The van der Waals surface area contributed by atoms with Crippen LogP contribution in [0.5, 0.6) is 0 Å². The van der Waals surface area contributed by atoms with Crippen molar-refractivity contribution in [3.8, 4) is 0 Å². The van der Waals surface area contributed by atoms with Crippen molar-refractivity contribution in [2.75, 3.05) is 0 Å². The Bertz CT molecular complexity index is 555. The van der Waals surface area contributed by atoms with E-state index in [0.717, 1.165) is 12.8 Å². The van der Waals surface area contributed by atoms with Gasteiger partial charge in [0.2, 0.25) is 5.91 Å². The van der Waals surface area contributed by atoms with Gasteiger partial charge in [-0.2, -0.15) is 0 Å². The average molecular weight is 368 g/mol. The number of nitrogens with zero attached hydrogens (tertiary/aromatic N) is 1. The zero-order valence-corrected chi connectivity index (χ0v) is 16.4. The number of carbonyl (C=O) groups excluding carboxylic acids is 2. The summed E-state index contributed by atoms with van der Waals surface area (Å²) in [7, 11) is 0. The van der Waals surface area contributed by atoms with Gasteiger partial charge in [0, 0.05) is 6.04 Å².